The predicted octanol–water partition coefficient (Wildman–Crippen LogP) is 10.9. The highest BCUT2D eigenvalue weighted by molar-refractivity contribution is 7.15. The first-order valence-electron chi connectivity index (χ1n) is 19.5. The van der Waals surface area contributed by atoms with Gasteiger partial charge >= 0.3 is 5.97 Å². The van der Waals surface area contributed by atoms with Crippen molar-refractivity contribution in [1.82, 2.24) is 30.2 Å². The SMILES string of the molecule is CC(C)(CN)c1cnc(-c2ccccc2)s1.Cc1nc(-c2cccc(C(=O)CCC(C)(C)c3cnc(-c4ccccc4)s3)c2)no1.Cc1nc(-c2cccc(C(=O)O)c2)no1. The fourth-order valence-electron chi connectivity index (χ4n) is 5.85. The van der Waals surface area contributed by atoms with Crippen LogP contribution in [0.3, 0.4) is 0 Å². The van der Waals surface area contributed by atoms with Gasteiger partial charge in [-0.3, -0.25) is 4.79 Å². The smallest absolute Gasteiger partial charge is 0.335 e. The molecule has 0 saturated carbocycles. The average Bonchev–Trinajstić information content (AvgIpc) is 4.13. The maximum absolute atomic E-state index is 12.9. The Morgan fingerprint density at radius 2 is 1.07 bits per heavy atom. The quantitative estimate of drug-likeness (QED) is 0.111. The van der Waals surface area contributed by atoms with Crippen LogP contribution in [0.15, 0.2) is 131 Å². The number of hydrogen-bond donors (Lipinski definition) is 2. The molecular weight excluding hydrogens is 807 g/mol. The summed E-state index contributed by atoms with van der Waals surface area (Å²) < 4.78 is 9.85. The van der Waals surface area contributed by atoms with Crippen LogP contribution < -0.4 is 5.73 Å². The van der Waals surface area contributed by atoms with Gasteiger partial charge in [0, 0.05) is 87.6 Å². The number of thiazole rings is 2. The summed E-state index contributed by atoms with van der Waals surface area (Å²) in [5.74, 6) is 0.986. The van der Waals surface area contributed by atoms with Crippen molar-refractivity contribution < 1.29 is 23.7 Å². The van der Waals surface area contributed by atoms with Gasteiger partial charge in [-0.2, -0.15) is 9.97 Å². The Kier molecular flexibility index (Phi) is 14.3. The zero-order chi connectivity index (χ0) is 43.6. The second-order valence-corrected chi connectivity index (χ2v) is 17.5. The molecule has 61 heavy (non-hydrogen) atoms. The Balaban J connectivity index is 0.000000169. The van der Waals surface area contributed by atoms with Crippen molar-refractivity contribution in [3.8, 4) is 43.9 Å². The number of nitrogens with two attached hydrogens (primary N) is 1. The molecule has 0 unspecified atom stereocenters. The lowest BCUT2D eigenvalue weighted by atomic mass is 9.85. The van der Waals surface area contributed by atoms with Crippen LogP contribution in [0.4, 0.5) is 0 Å². The first kappa shape index (κ1) is 44.1. The maximum Gasteiger partial charge on any atom is 0.335 e. The zero-order valence-corrected chi connectivity index (χ0v) is 36.5. The van der Waals surface area contributed by atoms with Gasteiger partial charge in [-0.25, -0.2) is 14.8 Å². The lowest BCUT2D eigenvalue weighted by Gasteiger charge is -2.22. The van der Waals surface area contributed by atoms with Gasteiger partial charge in [0.25, 0.3) is 0 Å². The largest absolute Gasteiger partial charge is 0.478 e. The summed E-state index contributed by atoms with van der Waals surface area (Å²) in [4.78, 5) is 43.3. The molecule has 4 aromatic carbocycles. The number of aromatic nitrogens is 6. The van der Waals surface area contributed by atoms with E-state index in [1.807, 2.05) is 73.1 Å². The number of benzene rings is 4. The highest BCUT2D eigenvalue weighted by atomic mass is 32.1. The number of rotatable bonds is 12. The van der Waals surface area contributed by atoms with Crippen molar-refractivity contribution in [2.75, 3.05) is 6.54 Å². The Labute approximate surface area is 362 Å². The van der Waals surface area contributed by atoms with Crippen LogP contribution in [0.5, 0.6) is 0 Å². The molecular formula is C47H47N7O5S2. The number of carboxylic acid groups (broad SMARTS) is 1. The van der Waals surface area contributed by atoms with Gasteiger partial charge < -0.3 is 19.9 Å². The summed E-state index contributed by atoms with van der Waals surface area (Å²) in [7, 11) is 0. The minimum Gasteiger partial charge on any atom is -0.478 e. The second-order valence-electron chi connectivity index (χ2n) is 15.4. The number of ketones is 1. The highest BCUT2D eigenvalue weighted by Gasteiger charge is 2.26. The second kappa shape index (κ2) is 19.7. The van der Waals surface area contributed by atoms with Crippen molar-refractivity contribution in [2.24, 2.45) is 5.73 Å². The van der Waals surface area contributed by atoms with Crippen LogP contribution in [-0.4, -0.2) is 53.7 Å². The number of carboxylic acids is 1. The Morgan fingerprint density at radius 1 is 0.623 bits per heavy atom. The van der Waals surface area contributed by atoms with E-state index in [2.05, 4.69) is 82.2 Å². The fourth-order valence-corrected chi connectivity index (χ4v) is 7.94. The number of Topliss-reactive ketones (excluding diaryl/α,β-unsaturated/α-hetero) is 1. The molecule has 14 heteroatoms. The van der Waals surface area contributed by atoms with Crippen LogP contribution in [-0.2, 0) is 10.8 Å². The molecule has 8 aromatic rings. The van der Waals surface area contributed by atoms with Crippen LogP contribution in [0.2, 0.25) is 0 Å². The van der Waals surface area contributed by atoms with Gasteiger partial charge in [-0.1, -0.05) is 129 Å². The minimum absolute atomic E-state index is 0.0185. The minimum atomic E-state index is -0.975. The molecule has 4 heterocycles. The van der Waals surface area contributed by atoms with Crippen molar-refractivity contribution in [2.45, 2.75) is 65.2 Å². The summed E-state index contributed by atoms with van der Waals surface area (Å²) in [6.07, 6.45) is 5.09. The number of carbonyl (C=O) groups is 2. The van der Waals surface area contributed by atoms with Crippen LogP contribution in [0.25, 0.3) is 43.9 Å². The van der Waals surface area contributed by atoms with Crippen LogP contribution >= 0.6 is 22.7 Å². The molecule has 0 saturated heterocycles. The lowest BCUT2D eigenvalue weighted by Crippen LogP contribution is -2.26. The summed E-state index contributed by atoms with van der Waals surface area (Å²) in [6, 6.07) is 34.2. The van der Waals surface area contributed by atoms with E-state index in [4.69, 9.17) is 19.9 Å². The van der Waals surface area contributed by atoms with Crippen molar-refractivity contribution >= 4 is 34.4 Å². The third-order valence-corrected chi connectivity index (χ3v) is 12.6. The molecule has 0 atom stereocenters. The van der Waals surface area contributed by atoms with Crippen LogP contribution in [0.1, 0.15) is 82.8 Å². The monoisotopic (exact) mass is 853 g/mol. The van der Waals surface area contributed by atoms with Gasteiger partial charge in [-0.15, -0.1) is 22.7 Å². The fraction of sp³-hybridized carbons (Fsp3) is 0.234. The molecule has 0 aliphatic carbocycles. The molecule has 0 radical (unpaired) electrons. The molecule has 8 rings (SSSR count). The molecule has 0 spiro atoms. The molecule has 0 bridgehead atoms. The standard InChI is InChI=1S/C24H23N3O2S.C13H16N2S.C10H8N2O3/c1-16-26-22(27-29-16)19-11-7-10-18(14-19)20(28)12-13-24(2,3)21-15-25-23(30-21)17-8-5-4-6-9-17;1-13(2,9-14)11-8-15-12(16-11)10-6-4-3-5-7-10;1-6-11-9(12-15-6)7-3-2-4-8(5-7)10(13)14/h4-11,14-15H,12-13H2,1-3H3;3-8H,9,14H2,1-2H3;2-5H,1H3,(H,13,14). The van der Waals surface area contributed by atoms with Gasteiger partial charge in [0.05, 0.1) is 5.56 Å². The van der Waals surface area contributed by atoms with E-state index < -0.39 is 5.97 Å². The number of aromatic carboxylic acids is 1. The first-order chi connectivity index (χ1) is 29.2. The summed E-state index contributed by atoms with van der Waals surface area (Å²) in [5.41, 5.74) is 10.2. The van der Waals surface area contributed by atoms with Gasteiger partial charge in [0.1, 0.15) is 10.0 Å². The van der Waals surface area contributed by atoms with Crippen molar-refractivity contribution in [3.63, 3.8) is 0 Å². The van der Waals surface area contributed by atoms with Crippen LogP contribution in [0, 0.1) is 13.8 Å². The third-order valence-electron chi connectivity index (χ3n) is 9.74. The topological polar surface area (TPSA) is 184 Å². The number of nitrogens with zero attached hydrogens (tertiary/aromatic N) is 6. The summed E-state index contributed by atoms with van der Waals surface area (Å²) >= 11 is 3.42. The molecule has 0 aliphatic heterocycles. The Morgan fingerprint density at radius 3 is 1.51 bits per heavy atom. The van der Waals surface area contributed by atoms with E-state index in [1.165, 1.54) is 27.5 Å². The molecule has 0 amide bonds. The number of hydrogen-bond acceptors (Lipinski definition) is 13. The molecule has 0 fully saturated rings. The van der Waals surface area contributed by atoms with E-state index in [0.717, 1.165) is 27.6 Å². The number of aryl methyl sites for hydroxylation is 2. The molecule has 312 valence electrons. The molecule has 3 N–H and O–H groups in total. The summed E-state index contributed by atoms with van der Waals surface area (Å²) in [5, 5.41) is 18.5. The van der Waals surface area contributed by atoms with Crippen molar-refractivity contribution in [1.29, 1.82) is 0 Å². The van der Waals surface area contributed by atoms with E-state index >= 15 is 0 Å². The predicted molar refractivity (Wildman–Crippen MR) is 240 cm³/mol. The lowest BCUT2D eigenvalue weighted by molar-refractivity contribution is 0.0696. The molecule has 0 aliphatic rings. The first-order valence-corrected chi connectivity index (χ1v) is 21.2. The number of carbonyl (C=O) groups excluding carboxylic acids is 1. The zero-order valence-electron chi connectivity index (χ0n) is 34.8. The van der Waals surface area contributed by atoms with E-state index in [9.17, 15) is 9.59 Å². The average molecular weight is 854 g/mol. The van der Waals surface area contributed by atoms with E-state index in [0.29, 0.717) is 47.5 Å². The van der Waals surface area contributed by atoms with Gasteiger partial charge in [0.15, 0.2) is 5.78 Å². The molecule has 4 aromatic heterocycles. The van der Waals surface area contributed by atoms with E-state index in [-0.39, 0.29) is 22.2 Å². The van der Waals surface area contributed by atoms with Crippen molar-refractivity contribution in [3.05, 3.63) is 154 Å². The normalized spacial score (nSPS) is 11.3. The Hall–Kier alpha value is -6.48. The highest BCUT2D eigenvalue weighted by Crippen LogP contribution is 2.37. The maximum atomic E-state index is 12.9. The molecule has 12 nitrogen and oxygen atoms in total. The van der Waals surface area contributed by atoms with Gasteiger partial charge in [0.2, 0.25) is 23.4 Å². The third kappa shape index (κ3) is 11.6. The van der Waals surface area contributed by atoms with E-state index in [1.54, 1.807) is 48.7 Å². The van der Waals surface area contributed by atoms with Gasteiger partial charge in [-0.05, 0) is 24.6 Å². The summed E-state index contributed by atoms with van der Waals surface area (Å²) in [6.45, 7) is 12.7. The Bertz CT molecular complexity index is 2680.